The number of hydrogen-bond donors (Lipinski definition) is 1. The highest BCUT2D eigenvalue weighted by Gasteiger charge is 2.48. The SMILES string of the molecule is COc1ccc(/C(O)=C2/C(=O)C(=O)N(c3cc(F)ccc3F)C2c2ccc(F)cc2)c(C)c1. The molecule has 1 aliphatic rings. The van der Waals surface area contributed by atoms with Crippen LogP contribution in [0, 0.1) is 24.4 Å². The summed E-state index contributed by atoms with van der Waals surface area (Å²) < 4.78 is 47.3. The van der Waals surface area contributed by atoms with Crippen LogP contribution >= 0.6 is 0 Å². The average Bonchev–Trinajstić information content (AvgIpc) is 3.06. The van der Waals surface area contributed by atoms with Gasteiger partial charge in [-0.2, -0.15) is 0 Å². The topological polar surface area (TPSA) is 66.8 Å². The Balaban J connectivity index is 1.98. The first-order valence-corrected chi connectivity index (χ1v) is 9.89. The van der Waals surface area contributed by atoms with Crippen molar-refractivity contribution in [2.75, 3.05) is 12.0 Å². The zero-order valence-electron chi connectivity index (χ0n) is 17.6. The van der Waals surface area contributed by atoms with Crippen molar-refractivity contribution < 1.29 is 32.6 Å². The molecule has 0 saturated carbocycles. The maximum atomic E-state index is 14.6. The summed E-state index contributed by atoms with van der Waals surface area (Å²) in [5, 5.41) is 11.1. The molecule has 1 aliphatic heterocycles. The maximum Gasteiger partial charge on any atom is 0.300 e. The highest BCUT2D eigenvalue weighted by molar-refractivity contribution is 6.51. The molecule has 0 bridgehead atoms. The summed E-state index contributed by atoms with van der Waals surface area (Å²) in [4.78, 5) is 26.8. The normalized spacial score (nSPS) is 17.5. The number of amides is 1. The molecule has 0 aromatic heterocycles. The second-order valence-electron chi connectivity index (χ2n) is 7.50. The minimum absolute atomic E-state index is 0.229. The molecule has 168 valence electrons. The summed E-state index contributed by atoms with van der Waals surface area (Å²) in [7, 11) is 1.47. The zero-order chi connectivity index (χ0) is 23.9. The number of ketones is 1. The zero-order valence-corrected chi connectivity index (χ0v) is 17.6. The Bertz CT molecular complexity index is 1300. The summed E-state index contributed by atoms with van der Waals surface area (Å²) >= 11 is 0. The number of hydrogen-bond acceptors (Lipinski definition) is 4. The van der Waals surface area contributed by atoms with Gasteiger partial charge in [0, 0.05) is 11.6 Å². The van der Waals surface area contributed by atoms with Crippen molar-refractivity contribution in [3.8, 4) is 5.75 Å². The predicted octanol–water partition coefficient (Wildman–Crippen LogP) is 5.05. The van der Waals surface area contributed by atoms with Crippen molar-refractivity contribution >= 4 is 23.1 Å². The molecule has 4 rings (SSSR count). The second-order valence-corrected chi connectivity index (χ2v) is 7.50. The molecule has 1 amide bonds. The van der Waals surface area contributed by atoms with Crippen LogP contribution in [0.4, 0.5) is 18.9 Å². The minimum atomic E-state index is -1.32. The number of Topliss-reactive ketones (excluding diaryl/α,β-unsaturated/α-hetero) is 1. The third-order valence-electron chi connectivity index (χ3n) is 5.49. The van der Waals surface area contributed by atoms with Gasteiger partial charge in [0.2, 0.25) is 0 Å². The molecule has 8 heteroatoms. The number of methoxy groups -OCH3 is 1. The Labute approximate surface area is 187 Å². The van der Waals surface area contributed by atoms with Crippen LogP contribution in [0.1, 0.15) is 22.7 Å². The molecule has 0 aliphatic carbocycles. The number of benzene rings is 3. The first-order chi connectivity index (χ1) is 15.7. The lowest BCUT2D eigenvalue weighted by Crippen LogP contribution is -2.30. The number of halogens is 3. The average molecular weight is 453 g/mol. The molecule has 1 heterocycles. The number of carbonyl (C=O) groups excluding carboxylic acids is 2. The van der Waals surface area contributed by atoms with Gasteiger partial charge in [-0.3, -0.25) is 14.5 Å². The molecule has 1 saturated heterocycles. The van der Waals surface area contributed by atoms with E-state index in [-0.39, 0.29) is 16.7 Å². The highest BCUT2D eigenvalue weighted by Crippen LogP contribution is 2.43. The van der Waals surface area contributed by atoms with Gasteiger partial charge in [0.25, 0.3) is 11.7 Å². The van der Waals surface area contributed by atoms with Crippen LogP contribution in [0.5, 0.6) is 5.75 Å². The summed E-state index contributed by atoms with van der Waals surface area (Å²) in [6.07, 6.45) is 0. The Morgan fingerprint density at radius 1 is 0.939 bits per heavy atom. The summed E-state index contributed by atoms with van der Waals surface area (Å²) in [6.45, 7) is 1.67. The molecule has 3 aromatic rings. The van der Waals surface area contributed by atoms with Crippen molar-refractivity contribution in [2.24, 2.45) is 0 Å². The smallest absolute Gasteiger partial charge is 0.300 e. The quantitative estimate of drug-likeness (QED) is 0.341. The van der Waals surface area contributed by atoms with Gasteiger partial charge in [-0.15, -0.1) is 0 Å². The van der Waals surface area contributed by atoms with E-state index < -0.39 is 46.6 Å². The van der Waals surface area contributed by atoms with Crippen LogP contribution in [0.15, 0.2) is 66.2 Å². The second kappa shape index (κ2) is 8.46. The third kappa shape index (κ3) is 3.84. The Hall–Kier alpha value is -4.07. The Kier molecular flexibility index (Phi) is 5.68. The molecule has 3 aromatic carbocycles. The van der Waals surface area contributed by atoms with Gasteiger partial charge >= 0.3 is 0 Å². The lowest BCUT2D eigenvalue weighted by molar-refractivity contribution is -0.132. The van der Waals surface area contributed by atoms with Gasteiger partial charge in [0.05, 0.1) is 24.4 Å². The van der Waals surface area contributed by atoms with Crippen LogP contribution in [0.25, 0.3) is 5.76 Å². The number of carbonyl (C=O) groups is 2. The van der Waals surface area contributed by atoms with E-state index in [2.05, 4.69) is 0 Å². The van der Waals surface area contributed by atoms with Crippen LogP contribution in [0.2, 0.25) is 0 Å². The Morgan fingerprint density at radius 2 is 1.61 bits per heavy atom. The predicted molar refractivity (Wildman–Crippen MR) is 115 cm³/mol. The Morgan fingerprint density at radius 3 is 2.24 bits per heavy atom. The summed E-state index contributed by atoms with van der Waals surface area (Å²) in [5.74, 6) is -4.55. The highest BCUT2D eigenvalue weighted by atomic mass is 19.1. The van der Waals surface area contributed by atoms with Gasteiger partial charge in [-0.1, -0.05) is 12.1 Å². The van der Waals surface area contributed by atoms with Gasteiger partial charge in [0.1, 0.15) is 29.0 Å². The molecule has 0 spiro atoms. The van der Waals surface area contributed by atoms with E-state index in [1.165, 1.54) is 25.3 Å². The van der Waals surface area contributed by atoms with E-state index in [0.717, 1.165) is 35.2 Å². The van der Waals surface area contributed by atoms with Gasteiger partial charge < -0.3 is 9.84 Å². The first kappa shape index (κ1) is 22.1. The van der Waals surface area contributed by atoms with E-state index >= 15 is 0 Å². The fourth-order valence-corrected chi connectivity index (χ4v) is 3.89. The third-order valence-corrected chi connectivity index (χ3v) is 5.49. The van der Waals surface area contributed by atoms with Crippen molar-refractivity contribution in [3.05, 3.63) is 100 Å². The summed E-state index contributed by atoms with van der Waals surface area (Å²) in [6, 6.07) is 10.7. The molecule has 1 fully saturated rings. The van der Waals surface area contributed by atoms with Crippen LogP contribution in [-0.2, 0) is 9.59 Å². The molecule has 1 unspecified atom stereocenters. The largest absolute Gasteiger partial charge is 0.507 e. The van der Waals surface area contributed by atoms with E-state index in [1.807, 2.05) is 0 Å². The molecule has 1 N–H and O–H groups in total. The van der Waals surface area contributed by atoms with Gasteiger partial charge in [0.15, 0.2) is 0 Å². The van der Waals surface area contributed by atoms with Crippen LogP contribution < -0.4 is 9.64 Å². The minimum Gasteiger partial charge on any atom is -0.507 e. The molecule has 5 nitrogen and oxygen atoms in total. The van der Waals surface area contributed by atoms with E-state index in [0.29, 0.717) is 11.3 Å². The molecule has 0 radical (unpaired) electrons. The molecular weight excluding hydrogens is 435 g/mol. The lowest BCUT2D eigenvalue weighted by Gasteiger charge is -2.26. The van der Waals surface area contributed by atoms with Gasteiger partial charge in [-0.05, 0) is 60.5 Å². The number of nitrogens with zero attached hydrogens (tertiary/aromatic N) is 1. The fraction of sp³-hybridized carbons (Fsp3) is 0.120. The van der Waals surface area contributed by atoms with Crippen LogP contribution in [0.3, 0.4) is 0 Å². The number of aliphatic hydroxyl groups is 1. The van der Waals surface area contributed by atoms with E-state index in [4.69, 9.17) is 4.74 Å². The van der Waals surface area contributed by atoms with E-state index in [9.17, 15) is 27.9 Å². The number of ether oxygens (including phenoxy) is 1. The molecule has 33 heavy (non-hydrogen) atoms. The monoisotopic (exact) mass is 453 g/mol. The lowest BCUT2D eigenvalue weighted by atomic mass is 9.93. The number of anilines is 1. The summed E-state index contributed by atoms with van der Waals surface area (Å²) in [5.41, 5.74) is 0.223. The van der Waals surface area contributed by atoms with Crippen molar-refractivity contribution in [1.82, 2.24) is 0 Å². The first-order valence-electron chi connectivity index (χ1n) is 9.89. The van der Waals surface area contributed by atoms with Gasteiger partial charge in [-0.25, -0.2) is 13.2 Å². The number of aliphatic hydroxyl groups excluding tert-OH is 1. The molecule has 1 atom stereocenters. The van der Waals surface area contributed by atoms with Crippen molar-refractivity contribution in [2.45, 2.75) is 13.0 Å². The van der Waals surface area contributed by atoms with Crippen molar-refractivity contribution in [3.63, 3.8) is 0 Å². The van der Waals surface area contributed by atoms with E-state index in [1.54, 1.807) is 19.1 Å². The number of rotatable bonds is 4. The molecular formula is C25H18F3NO4. The standard InChI is InChI=1S/C25H18F3NO4/c1-13-11-17(33-2)8-9-18(13)23(30)21-22(14-3-5-15(26)6-4-14)29(25(32)24(21)31)20-12-16(27)7-10-19(20)28/h3-12,22,30H,1-2H3/b23-21-. The van der Waals surface area contributed by atoms with Crippen LogP contribution in [-0.4, -0.2) is 23.9 Å². The number of aryl methyl sites for hydroxylation is 1. The maximum absolute atomic E-state index is 14.6. The van der Waals surface area contributed by atoms with Crippen molar-refractivity contribution in [1.29, 1.82) is 0 Å². The fourth-order valence-electron chi connectivity index (χ4n) is 3.89.